The standard InChI is InChI=1S/C9H16FNO3/c1-11-5-7(10)4-8(11)6-14-3-2-9(12)13/h7-8H,2-6H2,1H3,(H,12,13)/t7-,8-/m0/s1. The van der Waals surface area contributed by atoms with Crippen molar-refractivity contribution in [3.8, 4) is 0 Å². The molecular weight excluding hydrogens is 189 g/mol. The van der Waals surface area contributed by atoms with Gasteiger partial charge in [-0.25, -0.2) is 4.39 Å². The van der Waals surface area contributed by atoms with E-state index < -0.39 is 12.1 Å². The summed E-state index contributed by atoms with van der Waals surface area (Å²) >= 11 is 0. The molecule has 0 aromatic heterocycles. The van der Waals surface area contributed by atoms with Crippen molar-refractivity contribution in [1.82, 2.24) is 4.90 Å². The van der Waals surface area contributed by atoms with Gasteiger partial charge < -0.3 is 9.84 Å². The summed E-state index contributed by atoms with van der Waals surface area (Å²) < 4.78 is 18.0. The Kier molecular flexibility index (Phi) is 4.28. The number of carboxylic acids is 1. The summed E-state index contributed by atoms with van der Waals surface area (Å²) in [7, 11) is 1.85. The van der Waals surface area contributed by atoms with Gasteiger partial charge in [-0.2, -0.15) is 0 Å². The summed E-state index contributed by atoms with van der Waals surface area (Å²) in [5.41, 5.74) is 0. The van der Waals surface area contributed by atoms with Crippen LogP contribution in [-0.2, 0) is 9.53 Å². The fraction of sp³-hybridized carbons (Fsp3) is 0.889. The van der Waals surface area contributed by atoms with Gasteiger partial charge in [0, 0.05) is 12.6 Å². The maximum absolute atomic E-state index is 12.9. The van der Waals surface area contributed by atoms with Crippen LogP contribution in [0, 0.1) is 0 Å². The number of ether oxygens (including phenoxy) is 1. The molecule has 4 nitrogen and oxygen atoms in total. The Bertz CT molecular complexity index is 200. The van der Waals surface area contributed by atoms with Crippen molar-refractivity contribution in [2.24, 2.45) is 0 Å². The molecule has 0 spiro atoms. The third kappa shape index (κ3) is 3.59. The highest BCUT2D eigenvalue weighted by molar-refractivity contribution is 5.66. The molecule has 0 amide bonds. The molecular formula is C9H16FNO3. The van der Waals surface area contributed by atoms with Crippen molar-refractivity contribution >= 4 is 5.97 Å². The minimum absolute atomic E-state index is 0.00941. The van der Waals surface area contributed by atoms with E-state index in [1.807, 2.05) is 11.9 Å². The summed E-state index contributed by atoms with van der Waals surface area (Å²) in [6, 6.07) is 0.0961. The van der Waals surface area contributed by atoms with Crippen LogP contribution in [0.1, 0.15) is 12.8 Å². The number of carbonyl (C=O) groups is 1. The van der Waals surface area contributed by atoms with Crippen molar-refractivity contribution in [3.63, 3.8) is 0 Å². The molecule has 0 radical (unpaired) electrons. The Morgan fingerprint density at radius 2 is 2.43 bits per heavy atom. The second-order valence-corrected chi connectivity index (χ2v) is 3.65. The van der Waals surface area contributed by atoms with E-state index in [-0.39, 0.29) is 19.1 Å². The third-order valence-electron chi connectivity index (χ3n) is 2.41. The normalized spacial score (nSPS) is 28.1. The molecule has 1 aliphatic rings. The molecule has 82 valence electrons. The molecule has 0 saturated carbocycles. The van der Waals surface area contributed by atoms with E-state index in [0.717, 1.165) is 0 Å². The molecule has 0 bridgehead atoms. The first kappa shape index (κ1) is 11.4. The molecule has 0 aliphatic carbocycles. The number of likely N-dealkylation sites (N-methyl/N-ethyl adjacent to an activating group) is 1. The first-order valence-corrected chi connectivity index (χ1v) is 4.73. The lowest BCUT2D eigenvalue weighted by atomic mass is 10.2. The Balaban J connectivity index is 2.09. The van der Waals surface area contributed by atoms with E-state index in [9.17, 15) is 9.18 Å². The predicted octanol–water partition coefficient (Wildman–Crippen LogP) is 0.520. The van der Waals surface area contributed by atoms with Gasteiger partial charge in [0.1, 0.15) is 6.17 Å². The van der Waals surface area contributed by atoms with Crippen LogP contribution >= 0.6 is 0 Å². The molecule has 2 atom stereocenters. The van der Waals surface area contributed by atoms with Gasteiger partial charge in [-0.05, 0) is 13.5 Å². The molecule has 1 aliphatic heterocycles. The van der Waals surface area contributed by atoms with Crippen molar-refractivity contribution in [3.05, 3.63) is 0 Å². The fourth-order valence-electron chi connectivity index (χ4n) is 1.59. The zero-order valence-corrected chi connectivity index (χ0v) is 8.28. The minimum atomic E-state index is -0.867. The molecule has 14 heavy (non-hydrogen) atoms. The highest BCUT2D eigenvalue weighted by Crippen LogP contribution is 2.18. The van der Waals surface area contributed by atoms with E-state index in [0.29, 0.717) is 19.6 Å². The lowest BCUT2D eigenvalue weighted by Crippen LogP contribution is -2.29. The van der Waals surface area contributed by atoms with E-state index in [1.165, 1.54) is 0 Å². The first-order chi connectivity index (χ1) is 6.59. The van der Waals surface area contributed by atoms with Crippen molar-refractivity contribution in [2.75, 3.05) is 26.8 Å². The average Bonchev–Trinajstić information content (AvgIpc) is 2.39. The van der Waals surface area contributed by atoms with Gasteiger partial charge in [0.2, 0.25) is 0 Å². The number of halogens is 1. The predicted molar refractivity (Wildman–Crippen MR) is 49.0 cm³/mol. The van der Waals surface area contributed by atoms with Gasteiger partial charge in [-0.1, -0.05) is 0 Å². The van der Waals surface area contributed by atoms with Crippen LogP contribution in [0.2, 0.25) is 0 Å². The Labute approximate surface area is 82.6 Å². The van der Waals surface area contributed by atoms with Crippen LogP contribution < -0.4 is 0 Å². The SMILES string of the molecule is CN1C[C@@H](F)C[C@H]1COCCC(=O)O. The van der Waals surface area contributed by atoms with Crippen molar-refractivity contribution in [1.29, 1.82) is 0 Å². The summed E-state index contributed by atoms with van der Waals surface area (Å²) in [4.78, 5) is 12.1. The number of hydrogen-bond donors (Lipinski definition) is 1. The van der Waals surface area contributed by atoms with Crippen LogP contribution in [0.4, 0.5) is 4.39 Å². The Morgan fingerprint density at radius 3 is 2.93 bits per heavy atom. The zero-order valence-electron chi connectivity index (χ0n) is 8.28. The molecule has 1 heterocycles. The Hall–Kier alpha value is -0.680. The monoisotopic (exact) mass is 205 g/mol. The number of aliphatic carboxylic acids is 1. The molecule has 1 fully saturated rings. The highest BCUT2D eigenvalue weighted by Gasteiger charge is 2.29. The van der Waals surface area contributed by atoms with Crippen molar-refractivity contribution in [2.45, 2.75) is 25.1 Å². The Morgan fingerprint density at radius 1 is 1.71 bits per heavy atom. The van der Waals surface area contributed by atoms with Gasteiger partial charge in [0.15, 0.2) is 0 Å². The number of carboxylic acid groups (broad SMARTS) is 1. The van der Waals surface area contributed by atoms with E-state index in [4.69, 9.17) is 9.84 Å². The van der Waals surface area contributed by atoms with E-state index >= 15 is 0 Å². The van der Waals surface area contributed by atoms with Crippen LogP contribution in [0.15, 0.2) is 0 Å². The zero-order chi connectivity index (χ0) is 10.6. The lowest BCUT2D eigenvalue weighted by Gasteiger charge is -2.18. The fourth-order valence-corrected chi connectivity index (χ4v) is 1.59. The molecule has 1 rings (SSSR count). The van der Waals surface area contributed by atoms with Gasteiger partial charge in [0.05, 0.1) is 19.6 Å². The number of alkyl halides is 1. The smallest absolute Gasteiger partial charge is 0.305 e. The van der Waals surface area contributed by atoms with Crippen LogP contribution in [0.25, 0.3) is 0 Å². The summed E-state index contributed by atoms with van der Waals surface area (Å²) in [5.74, 6) is -0.867. The quantitative estimate of drug-likeness (QED) is 0.665. The van der Waals surface area contributed by atoms with Gasteiger partial charge in [-0.3, -0.25) is 9.69 Å². The third-order valence-corrected chi connectivity index (χ3v) is 2.41. The summed E-state index contributed by atoms with van der Waals surface area (Å²) in [6.45, 7) is 1.08. The highest BCUT2D eigenvalue weighted by atomic mass is 19.1. The number of rotatable bonds is 5. The molecule has 0 aromatic rings. The van der Waals surface area contributed by atoms with E-state index in [2.05, 4.69) is 0 Å². The van der Waals surface area contributed by atoms with Gasteiger partial charge in [-0.15, -0.1) is 0 Å². The second-order valence-electron chi connectivity index (χ2n) is 3.65. The maximum atomic E-state index is 12.9. The first-order valence-electron chi connectivity index (χ1n) is 4.73. The average molecular weight is 205 g/mol. The minimum Gasteiger partial charge on any atom is -0.481 e. The molecule has 1 saturated heterocycles. The number of hydrogen-bond acceptors (Lipinski definition) is 3. The molecule has 0 unspecified atom stereocenters. The second kappa shape index (κ2) is 5.26. The largest absolute Gasteiger partial charge is 0.481 e. The summed E-state index contributed by atoms with van der Waals surface area (Å²) in [6.07, 6.45) is -0.271. The van der Waals surface area contributed by atoms with Crippen LogP contribution in [0.5, 0.6) is 0 Å². The maximum Gasteiger partial charge on any atom is 0.305 e. The lowest BCUT2D eigenvalue weighted by molar-refractivity contribution is -0.138. The molecule has 1 N–H and O–H groups in total. The van der Waals surface area contributed by atoms with Gasteiger partial charge in [0.25, 0.3) is 0 Å². The van der Waals surface area contributed by atoms with E-state index in [1.54, 1.807) is 0 Å². The summed E-state index contributed by atoms with van der Waals surface area (Å²) in [5, 5.41) is 8.35. The van der Waals surface area contributed by atoms with Crippen LogP contribution in [0.3, 0.4) is 0 Å². The van der Waals surface area contributed by atoms with Crippen LogP contribution in [-0.4, -0.2) is 55.0 Å². The number of likely N-dealkylation sites (tertiary alicyclic amines) is 1. The molecule has 0 aromatic carbocycles. The topological polar surface area (TPSA) is 49.8 Å². The van der Waals surface area contributed by atoms with Crippen molar-refractivity contribution < 1.29 is 19.0 Å². The molecule has 5 heteroatoms. The number of nitrogens with zero attached hydrogens (tertiary/aromatic N) is 1. The van der Waals surface area contributed by atoms with Gasteiger partial charge >= 0.3 is 5.97 Å².